The van der Waals surface area contributed by atoms with Crippen LogP contribution in [0.5, 0.6) is 5.75 Å². The highest BCUT2D eigenvalue weighted by Crippen LogP contribution is 2.26. The van der Waals surface area contributed by atoms with Gasteiger partial charge in [-0.1, -0.05) is 35.2 Å². The lowest BCUT2D eigenvalue weighted by atomic mass is 10.2. The maximum absolute atomic E-state index is 12.2. The lowest BCUT2D eigenvalue weighted by Gasteiger charge is -2.06. The number of rotatable bonds is 8. The Balaban J connectivity index is 1.53. The number of nitro benzene ring substituents is 1. The SMILES string of the molecule is COc1cccc(NC(=O)CSc2nnc(NC(=O)c3cccc([N+](=O)[O-])c3)s2)c1. The molecule has 0 aliphatic carbocycles. The third-order valence-electron chi connectivity index (χ3n) is 3.63. The maximum Gasteiger partial charge on any atom is 0.270 e. The number of ether oxygens (including phenoxy) is 1. The molecule has 0 fully saturated rings. The third-order valence-corrected chi connectivity index (χ3v) is 5.60. The molecule has 2 N–H and O–H groups in total. The van der Waals surface area contributed by atoms with Gasteiger partial charge in [-0.15, -0.1) is 10.2 Å². The number of amides is 2. The monoisotopic (exact) mass is 445 g/mol. The van der Waals surface area contributed by atoms with E-state index in [2.05, 4.69) is 20.8 Å². The van der Waals surface area contributed by atoms with E-state index in [4.69, 9.17) is 4.74 Å². The molecule has 0 atom stereocenters. The third kappa shape index (κ3) is 5.75. The van der Waals surface area contributed by atoms with E-state index in [0.717, 1.165) is 11.3 Å². The van der Waals surface area contributed by atoms with Gasteiger partial charge in [0.05, 0.1) is 17.8 Å². The number of nitrogens with zero attached hydrogens (tertiary/aromatic N) is 3. The van der Waals surface area contributed by atoms with Gasteiger partial charge in [0.15, 0.2) is 4.34 Å². The Kier molecular flexibility index (Phi) is 6.93. The highest BCUT2D eigenvalue weighted by atomic mass is 32.2. The highest BCUT2D eigenvalue weighted by Gasteiger charge is 2.14. The summed E-state index contributed by atoms with van der Waals surface area (Å²) in [6.07, 6.45) is 0. The van der Waals surface area contributed by atoms with Crippen LogP contribution in [0.3, 0.4) is 0 Å². The number of hydrogen-bond acceptors (Lipinski definition) is 9. The van der Waals surface area contributed by atoms with Gasteiger partial charge in [0, 0.05) is 29.4 Å². The number of methoxy groups -OCH3 is 1. The van der Waals surface area contributed by atoms with E-state index < -0.39 is 10.8 Å². The quantitative estimate of drug-likeness (QED) is 0.233. The van der Waals surface area contributed by atoms with Gasteiger partial charge in [0.25, 0.3) is 11.6 Å². The number of thioether (sulfide) groups is 1. The first kappa shape index (κ1) is 21.2. The van der Waals surface area contributed by atoms with Crippen LogP contribution in [0.1, 0.15) is 10.4 Å². The molecule has 1 heterocycles. The summed E-state index contributed by atoms with van der Waals surface area (Å²) in [4.78, 5) is 34.6. The molecule has 0 aliphatic heterocycles. The van der Waals surface area contributed by atoms with Crippen molar-refractivity contribution in [2.75, 3.05) is 23.5 Å². The molecule has 0 unspecified atom stereocenters. The van der Waals surface area contributed by atoms with Crippen LogP contribution in [-0.4, -0.2) is 39.8 Å². The molecule has 0 spiro atoms. The Morgan fingerprint density at radius 2 is 1.97 bits per heavy atom. The Bertz CT molecular complexity index is 1090. The van der Waals surface area contributed by atoms with Crippen molar-refractivity contribution < 1.29 is 19.2 Å². The molecule has 154 valence electrons. The van der Waals surface area contributed by atoms with Gasteiger partial charge in [0.2, 0.25) is 11.0 Å². The minimum absolute atomic E-state index is 0.102. The van der Waals surface area contributed by atoms with Crippen molar-refractivity contribution in [1.29, 1.82) is 0 Å². The lowest BCUT2D eigenvalue weighted by molar-refractivity contribution is -0.384. The normalized spacial score (nSPS) is 10.3. The zero-order chi connectivity index (χ0) is 21.5. The van der Waals surface area contributed by atoms with Crippen molar-refractivity contribution in [3.63, 3.8) is 0 Å². The van der Waals surface area contributed by atoms with Gasteiger partial charge in [0.1, 0.15) is 5.75 Å². The van der Waals surface area contributed by atoms with Crippen LogP contribution >= 0.6 is 23.1 Å². The molecule has 3 aromatic rings. The summed E-state index contributed by atoms with van der Waals surface area (Å²) in [6.45, 7) is 0. The predicted molar refractivity (Wildman–Crippen MR) is 113 cm³/mol. The average molecular weight is 445 g/mol. The van der Waals surface area contributed by atoms with Gasteiger partial charge >= 0.3 is 0 Å². The molecule has 30 heavy (non-hydrogen) atoms. The molecule has 3 rings (SSSR count). The van der Waals surface area contributed by atoms with Crippen LogP contribution in [0.15, 0.2) is 52.9 Å². The predicted octanol–water partition coefficient (Wildman–Crippen LogP) is 3.44. The van der Waals surface area contributed by atoms with Gasteiger partial charge in [-0.3, -0.25) is 25.0 Å². The molecule has 0 saturated carbocycles. The Morgan fingerprint density at radius 1 is 1.17 bits per heavy atom. The zero-order valence-electron chi connectivity index (χ0n) is 15.5. The molecule has 0 bridgehead atoms. The van der Waals surface area contributed by atoms with Crippen LogP contribution in [0.4, 0.5) is 16.5 Å². The topological polar surface area (TPSA) is 136 Å². The number of anilines is 2. The minimum atomic E-state index is -0.576. The summed E-state index contributed by atoms with van der Waals surface area (Å²) >= 11 is 2.26. The van der Waals surface area contributed by atoms with Crippen LogP contribution < -0.4 is 15.4 Å². The number of benzene rings is 2. The number of aromatic nitrogens is 2. The van der Waals surface area contributed by atoms with E-state index in [1.807, 2.05) is 0 Å². The summed E-state index contributed by atoms with van der Waals surface area (Å²) < 4.78 is 5.60. The van der Waals surface area contributed by atoms with Gasteiger partial charge < -0.3 is 10.1 Å². The van der Waals surface area contributed by atoms with E-state index in [0.29, 0.717) is 15.8 Å². The van der Waals surface area contributed by atoms with E-state index >= 15 is 0 Å². The second kappa shape index (κ2) is 9.80. The number of hydrogen-bond donors (Lipinski definition) is 2. The van der Waals surface area contributed by atoms with Gasteiger partial charge in [-0.2, -0.15) is 0 Å². The number of carbonyl (C=O) groups is 2. The number of nitro groups is 1. The number of non-ortho nitro benzene ring substituents is 1. The molecule has 10 nitrogen and oxygen atoms in total. The fourth-order valence-corrected chi connectivity index (χ4v) is 3.82. The molecule has 2 aromatic carbocycles. The largest absolute Gasteiger partial charge is 0.497 e. The van der Waals surface area contributed by atoms with Crippen molar-refractivity contribution in [3.05, 3.63) is 64.2 Å². The highest BCUT2D eigenvalue weighted by molar-refractivity contribution is 8.01. The standard InChI is InChI=1S/C18H15N5O5S2/c1-28-14-7-3-5-12(9-14)19-15(24)10-29-18-22-21-17(30-18)20-16(25)11-4-2-6-13(8-11)23(26)27/h2-9H,10H2,1H3,(H,19,24)(H,20,21,25). The van der Waals surface area contributed by atoms with E-state index in [1.54, 1.807) is 31.4 Å². The van der Waals surface area contributed by atoms with Crippen LogP contribution in [-0.2, 0) is 4.79 Å². The molecule has 2 amide bonds. The molecular formula is C18H15N5O5S2. The molecular weight excluding hydrogens is 430 g/mol. The van der Waals surface area contributed by atoms with Gasteiger partial charge in [-0.05, 0) is 18.2 Å². The van der Waals surface area contributed by atoms with Crippen LogP contribution in [0, 0.1) is 10.1 Å². The van der Waals surface area contributed by atoms with E-state index in [-0.39, 0.29) is 28.0 Å². The lowest BCUT2D eigenvalue weighted by Crippen LogP contribution is -2.13. The molecule has 0 saturated heterocycles. The minimum Gasteiger partial charge on any atom is -0.497 e. The van der Waals surface area contributed by atoms with E-state index in [9.17, 15) is 19.7 Å². The number of nitrogens with one attached hydrogen (secondary N) is 2. The van der Waals surface area contributed by atoms with Crippen molar-refractivity contribution in [2.24, 2.45) is 0 Å². The second-order valence-electron chi connectivity index (χ2n) is 5.70. The molecule has 1 aromatic heterocycles. The summed E-state index contributed by atoms with van der Waals surface area (Å²) in [6, 6.07) is 12.4. The number of carbonyl (C=O) groups excluding carboxylic acids is 2. The summed E-state index contributed by atoms with van der Waals surface area (Å²) in [5.41, 5.74) is 0.562. The smallest absolute Gasteiger partial charge is 0.270 e. The Morgan fingerprint density at radius 3 is 2.73 bits per heavy atom. The Labute approximate surface area is 178 Å². The van der Waals surface area contributed by atoms with Crippen molar-refractivity contribution in [1.82, 2.24) is 10.2 Å². The average Bonchev–Trinajstić information content (AvgIpc) is 3.19. The summed E-state index contributed by atoms with van der Waals surface area (Å²) in [5, 5.41) is 24.1. The molecule has 0 aliphatic rings. The second-order valence-corrected chi connectivity index (χ2v) is 7.90. The van der Waals surface area contributed by atoms with E-state index in [1.165, 1.54) is 36.0 Å². The maximum atomic E-state index is 12.2. The Hall–Kier alpha value is -3.51. The van der Waals surface area contributed by atoms with Crippen molar-refractivity contribution in [3.8, 4) is 5.75 Å². The zero-order valence-corrected chi connectivity index (χ0v) is 17.2. The van der Waals surface area contributed by atoms with Gasteiger partial charge in [-0.25, -0.2) is 0 Å². The van der Waals surface area contributed by atoms with Crippen LogP contribution in [0.25, 0.3) is 0 Å². The fraction of sp³-hybridized carbons (Fsp3) is 0.111. The summed E-state index contributed by atoms with van der Waals surface area (Å²) in [7, 11) is 1.54. The van der Waals surface area contributed by atoms with Crippen molar-refractivity contribution in [2.45, 2.75) is 4.34 Å². The first-order valence-electron chi connectivity index (χ1n) is 8.40. The molecule has 0 radical (unpaired) electrons. The first-order valence-corrected chi connectivity index (χ1v) is 10.2. The fourth-order valence-electron chi connectivity index (χ4n) is 2.27. The first-order chi connectivity index (χ1) is 14.4. The van der Waals surface area contributed by atoms with Crippen LogP contribution in [0.2, 0.25) is 0 Å². The molecule has 12 heteroatoms. The van der Waals surface area contributed by atoms with Crippen molar-refractivity contribution >= 4 is 51.4 Å². The summed E-state index contributed by atoms with van der Waals surface area (Å²) in [5.74, 6) is -0.0356.